The summed E-state index contributed by atoms with van der Waals surface area (Å²) in [5.41, 5.74) is 2.12. The predicted molar refractivity (Wildman–Crippen MR) is 105 cm³/mol. The third-order valence-corrected chi connectivity index (χ3v) is 4.52. The van der Waals surface area contributed by atoms with E-state index in [-0.39, 0.29) is 0 Å². The molecule has 0 atom stereocenters. The lowest BCUT2D eigenvalue weighted by molar-refractivity contribution is 0.309. The van der Waals surface area contributed by atoms with E-state index >= 15 is 0 Å². The first-order valence-corrected chi connectivity index (χ1v) is 9.86. The van der Waals surface area contributed by atoms with Crippen LogP contribution in [-0.4, -0.2) is 16.6 Å². The number of unbranched alkanes of at least 4 members (excludes halogenated alkanes) is 5. The fraction of sp³-hybridized carbons (Fsp3) is 0.524. The van der Waals surface area contributed by atoms with Crippen molar-refractivity contribution in [3.63, 3.8) is 0 Å². The molecule has 2 rings (SSSR count). The molecule has 1 aromatic heterocycles. The van der Waals surface area contributed by atoms with Gasteiger partial charge in [-0.15, -0.1) is 0 Å². The highest BCUT2D eigenvalue weighted by atomic mass is 35.5. The fourth-order valence-electron chi connectivity index (χ4n) is 2.65. The Balaban J connectivity index is 1.91. The van der Waals surface area contributed by atoms with Gasteiger partial charge in [-0.25, -0.2) is 9.97 Å². The van der Waals surface area contributed by atoms with Crippen LogP contribution in [0.25, 0.3) is 11.4 Å². The highest BCUT2D eigenvalue weighted by molar-refractivity contribution is 6.32. The molecule has 0 saturated carbocycles. The molecule has 2 aromatic rings. The Bertz CT molecular complexity index is 628. The number of aryl methyl sites for hydroxylation is 1. The van der Waals surface area contributed by atoms with E-state index in [4.69, 9.17) is 16.3 Å². The summed E-state index contributed by atoms with van der Waals surface area (Å²) in [4.78, 5) is 9.00. The first-order valence-electron chi connectivity index (χ1n) is 9.48. The number of halogens is 1. The topological polar surface area (TPSA) is 35.0 Å². The maximum absolute atomic E-state index is 6.32. The van der Waals surface area contributed by atoms with Gasteiger partial charge in [0.25, 0.3) is 0 Å². The zero-order chi connectivity index (χ0) is 17.9. The normalized spacial score (nSPS) is 10.8. The van der Waals surface area contributed by atoms with Gasteiger partial charge in [-0.2, -0.15) is 0 Å². The lowest BCUT2D eigenvalue weighted by Crippen LogP contribution is -1.97. The van der Waals surface area contributed by atoms with Crippen molar-refractivity contribution in [2.45, 2.75) is 65.2 Å². The van der Waals surface area contributed by atoms with Crippen LogP contribution in [0.15, 0.2) is 30.6 Å². The molecule has 1 aromatic carbocycles. The van der Waals surface area contributed by atoms with Crippen LogP contribution in [0.4, 0.5) is 0 Å². The molecule has 0 bridgehead atoms. The Morgan fingerprint density at radius 3 is 2.32 bits per heavy atom. The van der Waals surface area contributed by atoms with Crippen molar-refractivity contribution in [3.05, 3.63) is 41.2 Å². The van der Waals surface area contributed by atoms with E-state index in [9.17, 15) is 0 Å². The van der Waals surface area contributed by atoms with Crippen LogP contribution >= 0.6 is 11.6 Å². The maximum Gasteiger partial charge on any atom is 0.159 e. The molecule has 0 N–H and O–H groups in total. The van der Waals surface area contributed by atoms with Gasteiger partial charge in [0.1, 0.15) is 5.75 Å². The molecule has 0 aliphatic carbocycles. The maximum atomic E-state index is 6.32. The fourth-order valence-corrected chi connectivity index (χ4v) is 2.88. The summed E-state index contributed by atoms with van der Waals surface area (Å²) in [7, 11) is 0. The van der Waals surface area contributed by atoms with Crippen molar-refractivity contribution in [3.8, 4) is 17.1 Å². The molecule has 0 aliphatic rings. The number of hydrogen-bond donors (Lipinski definition) is 0. The molecule has 136 valence electrons. The molecule has 0 fully saturated rings. The van der Waals surface area contributed by atoms with E-state index in [1.165, 1.54) is 37.7 Å². The number of aromatic nitrogens is 2. The number of hydrogen-bond acceptors (Lipinski definition) is 3. The van der Waals surface area contributed by atoms with E-state index in [0.29, 0.717) is 17.5 Å². The Hall–Kier alpha value is -1.61. The quantitative estimate of drug-likeness (QED) is 0.429. The van der Waals surface area contributed by atoms with Gasteiger partial charge in [0.05, 0.1) is 11.6 Å². The minimum Gasteiger partial charge on any atom is -0.492 e. The van der Waals surface area contributed by atoms with E-state index in [1.807, 2.05) is 30.6 Å². The third-order valence-electron chi connectivity index (χ3n) is 4.22. The molecule has 1 heterocycles. The van der Waals surface area contributed by atoms with Crippen LogP contribution in [0.3, 0.4) is 0 Å². The number of rotatable bonds is 11. The van der Waals surface area contributed by atoms with Gasteiger partial charge < -0.3 is 4.74 Å². The van der Waals surface area contributed by atoms with Gasteiger partial charge >= 0.3 is 0 Å². The Labute approximate surface area is 156 Å². The van der Waals surface area contributed by atoms with Gasteiger partial charge in [-0.05, 0) is 43.0 Å². The number of ether oxygens (including phenoxy) is 1. The smallest absolute Gasteiger partial charge is 0.159 e. The predicted octanol–water partition coefficient (Wildman–Crippen LogP) is 6.49. The molecule has 0 amide bonds. The van der Waals surface area contributed by atoms with E-state index in [1.54, 1.807) is 0 Å². The summed E-state index contributed by atoms with van der Waals surface area (Å²) in [5, 5.41) is 0.609. The summed E-state index contributed by atoms with van der Waals surface area (Å²) < 4.78 is 5.69. The van der Waals surface area contributed by atoms with Crippen molar-refractivity contribution in [2.24, 2.45) is 0 Å². The molecule has 25 heavy (non-hydrogen) atoms. The minimum atomic E-state index is 0.609. The molecular weight excluding hydrogens is 332 g/mol. The summed E-state index contributed by atoms with van der Waals surface area (Å²) in [6, 6.07) is 5.74. The van der Waals surface area contributed by atoms with Gasteiger partial charge in [0, 0.05) is 18.0 Å². The third kappa shape index (κ3) is 6.66. The second-order valence-electron chi connectivity index (χ2n) is 6.43. The standard InChI is InChI=1S/C21H29ClN2O/c1-3-5-7-8-9-10-17-15-23-21(24-16-17)18-11-12-20(19(22)14-18)25-13-6-4-2/h11-12,14-16H,3-10,13H2,1-2H3. The molecule has 0 saturated heterocycles. The van der Waals surface area contributed by atoms with Crippen molar-refractivity contribution < 1.29 is 4.74 Å². The van der Waals surface area contributed by atoms with Crippen LogP contribution < -0.4 is 4.74 Å². The Kier molecular flexibility index (Phi) is 8.75. The van der Waals surface area contributed by atoms with Crippen LogP contribution in [0.5, 0.6) is 5.75 Å². The van der Waals surface area contributed by atoms with E-state index in [2.05, 4.69) is 23.8 Å². The first kappa shape index (κ1) is 19.7. The average Bonchev–Trinajstić information content (AvgIpc) is 2.63. The SMILES string of the molecule is CCCCCCCc1cnc(-c2ccc(OCCCC)c(Cl)c2)nc1. The molecule has 0 aliphatic heterocycles. The highest BCUT2D eigenvalue weighted by Crippen LogP contribution is 2.29. The zero-order valence-corrected chi connectivity index (χ0v) is 16.2. The van der Waals surface area contributed by atoms with Crippen molar-refractivity contribution in [1.29, 1.82) is 0 Å². The molecule has 0 unspecified atom stereocenters. The lowest BCUT2D eigenvalue weighted by atomic mass is 10.1. The summed E-state index contributed by atoms with van der Waals surface area (Å²) in [5.74, 6) is 1.43. The monoisotopic (exact) mass is 360 g/mol. The zero-order valence-electron chi connectivity index (χ0n) is 15.4. The van der Waals surface area contributed by atoms with Crippen molar-refractivity contribution in [1.82, 2.24) is 9.97 Å². The van der Waals surface area contributed by atoms with Crippen LogP contribution in [0.2, 0.25) is 5.02 Å². The molecule has 0 radical (unpaired) electrons. The molecule has 3 nitrogen and oxygen atoms in total. The Morgan fingerprint density at radius 2 is 1.64 bits per heavy atom. The van der Waals surface area contributed by atoms with Crippen molar-refractivity contribution in [2.75, 3.05) is 6.61 Å². The van der Waals surface area contributed by atoms with Crippen LogP contribution in [0.1, 0.15) is 64.4 Å². The second kappa shape index (κ2) is 11.1. The molecular formula is C21H29ClN2O. The first-order chi connectivity index (χ1) is 12.2. The molecule has 4 heteroatoms. The number of benzene rings is 1. The van der Waals surface area contributed by atoms with Gasteiger partial charge in [0.15, 0.2) is 5.82 Å². The van der Waals surface area contributed by atoms with E-state index in [0.717, 1.165) is 30.6 Å². The summed E-state index contributed by atoms with van der Waals surface area (Å²) >= 11 is 6.32. The van der Waals surface area contributed by atoms with E-state index < -0.39 is 0 Å². The van der Waals surface area contributed by atoms with Gasteiger partial charge in [0.2, 0.25) is 0 Å². The Morgan fingerprint density at radius 1 is 0.920 bits per heavy atom. The van der Waals surface area contributed by atoms with Crippen LogP contribution in [-0.2, 0) is 6.42 Å². The average molecular weight is 361 g/mol. The molecule has 0 spiro atoms. The number of nitrogens with zero attached hydrogens (tertiary/aromatic N) is 2. The summed E-state index contributed by atoms with van der Waals surface area (Å²) in [6.45, 7) is 5.07. The summed E-state index contributed by atoms with van der Waals surface area (Å²) in [6.07, 6.45) is 13.5. The van der Waals surface area contributed by atoms with Crippen molar-refractivity contribution >= 4 is 11.6 Å². The van der Waals surface area contributed by atoms with Gasteiger partial charge in [-0.1, -0.05) is 57.6 Å². The second-order valence-corrected chi connectivity index (χ2v) is 6.83. The lowest BCUT2D eigenvalue weighted by Gasteiger charge is -2.09. The van der Waals surface area contributed by atoms with Gasteiger partial charge in [-0.3, -0.25) is 0 Å². The highest BCUT2D eigenvalue weighted by Gasteiger charge is 2.07. The minimum absolute atomic E-state index is 0.609. The van der Waals surface area contributed by atoms with Crippen LogP contribution in [0, 0.1) is 0 Å². The largest absolute Gasteiger partial charge is 0.492 e.